The minimum absolute atomic E-state index is 0.111. The highest BCUT2D eigenvalue weighted by molar-refractivity contribution is 5.84. The van der Waals surface area contributed by atoms with Crippen LogP contribution in [0.2, 0.25) is 0 Å². The minimum Gasteiger partial charge on any atom is -0.347 e. The lowest BCUT2D eigenvalue weighted by atomic mass is 10.1. The molecule has 3 aromatic heterocycles. The third kappa shape index (κ3) is 4.05. The first kappa shape index (κ1) is 19.7. The first-order chi connectivity index (χ1) is 14.5. The van der Waals surface area contributed by atoms with Crippen LogP contribution in [0, 0.1) is 5.92 Å². The molecule has 9 nitrogen and oxygen atoms in total. The van der Waals surface area contributed by atoms with Crippen molar-refractivity contribution in [3.63, 3.8) is 0 Å². The van der Waals surface area contributed by atoms with Gasteiger partial charge in [-0.3, -0.25) is 14.9 Å². The molecule has 2 N–H and O–H groups in total. The number of para-hydroxylation sites is 2. The van der Waals surface area contributed by atoms with Crippen LogP contribution in [0.4, 0.5) is 0 Å². The summed E-state index contributed by atoms with van der Waals surface area (Å²) in [5.41, 5.74) is 2.43. The van der Waals surface area contributed by atoms with Crippen molar-refractivity contribution in [3.8, 4) is 11.5 Å². The molecule has 3 heterocycles. The lowest BCUT2D eigenvalue weighted by Gasteiger charge is -2.18. The van der Waals surface area contributed by atoms with Crippen LogP contribution < -0.4 is 5.32 Å². The first-order valence-corrected chi connectivity index (χ1v) is 9.94. The number of amides is 1. The number of aromatic amines is 1. The van der Waals surface area contributed by atoms with Gasteiger partial charge in [0, 0.05) is 18.8 Å². The molecular weight excluding hydrogens is 380 g/mol. The molecule has 0 fully saturated rings. The van der Waals surface area contributed by atoms with Gasteiger partial charge in [-0.05, 0) is 25.0 Å². The largest absolute Gasteiger partial charge is 0.347 e. The Morgan fingerprint density at radius 1 is 1.17 bits per heavy atom. The number of H-pyrrole nitrogens is 1. The Labute approximate surface area is 174 Å². The summed E-state index contributed by atoms with van der Waals surface area (Å²) in [5.74, 6) is 2.23. The van der Waals surface area contributed by atoms with E-state index in [9.17, 15) is 4.79 Å². The SMILES string of the molecule is CC(C)Cc1nc2ccccc2n1[C@@H](C)C(=O)NCc1nc(-c2cnccn2)n[nH]1. The third-order valence-corrected chi connectivity index (χ3v) is 4.78. The molecule has 0 saturated carbocycles. The van der Waals surface area contributed by atoms with E-state index in [1.807, 2.05) is 35.8 Å². The Bertz CT molecular complexity index is 1150. The van der Waals surface area contributed by atoms with Gasteiger partial charge in [0.2, 0.25) is 11.7 Å². The zero-order valence-electron chi connectivity index (χ0n) is 17.2. The van der Waals surface area contributed by atoms with Crippen LogP contribution in [0.15, 0.2) is 42.9 Å². The Morgan fingerprint density at radius 3 is 2.77 bits per heavy atom. The van der Waals surface area contributed by atoms with Crippen LogP contribution in [-0.4, -0.2) is 40.6 Å². The first-order valence-electron chi connectivity index (χ1n) is 9.94. The minimum atomic E-state index is -0.409. The van der Waals surface area contributed by atoms with Crippen molar-refractivity contribution in [1.82, 2.24) is 40.0 Å². The van der Waals surface area contributed by atoms with Crippen molar-refractivity contribution in [3.05, 3.63) is 54.5 Å². The highest BCUT2D eigenvalue weighted by Crippen LogP contribution is 2.23. The second kappa shape index (κ2) is 8.40. The third-order valence-electron chi connectivity index (χ3n) is 4.78. The Morgan fingerprint density at radius 2 is 2.00 bits per heavy atom. The molecule has 154 valence electrons. The molecule has 4 rings (SSSR count). The van der Waals surface area contributed by atoms with Gasteiger partial charge < -0.3 is 9.88 Å². The van der Waals surface area contributed by atoms with Gasteiger partial charge in [0.15, 0.2) is 0 Å². The van der Waals surface area contributed by atoms with Gasteiger partial charge in [0.1, 0.15) is 23.4 Å². The summed E-state index contributed by atoms with van der Waals surface area (Å²) in [6, 6.07) is 7.49. The Balaban J connectivity index is 1.50. The average molecular weight is 404 g/mol. The van der Waals surface area contributed by atoms with Gasteiger partial charge >= 0.3 is 0 Å². The topological polar surface area (TPSA) is 114 Å². The van der Waals surface area contributed by atoms with Gasteiger partial charge in [0.05, 0.1) is 23.8 Å². The molecule has 0 radical (unpaired) electrons. The van der Waals surface area contributed by atoms with Gasteiger partial charge in [0.25, 0.3) is 0 Å². The summed E-state index contributed by atoms with van der Waals surface area (Å²) in [4.78, 5) is 30.3. The van der Waals surface area contributed by atoms with Crippen molar-refractivity contribution in [1.29, 1.82) is 0 Å². The molecular formula is C21H24N8O. The number of carbonyl (C=O) groups excluding carboxylic acids is 1. The van der Waals surface area contributed by atoms with E-state index in [1.54, 1.807) is 18.6 Å². The van der Waals surface area contributed by atoms with E-state index < -0.39 is 6.04 Å². The fraction of sp³-hybridized carbons (Fsp3) is 0.333. The highest BCUT2D eigenvalue weighted by atomic mass is 16.2. The van der Waals surface area contributed by atoms with Gasteiger partial charge in [-0.1, -0.05) is 26.0 Å². The van der Waals surface area contributed by atoms with Crippen molar-refractivity contribution < 1.29 is 4.79 Å². The number of hydrogen-bond acceptors (Lipinski definition) is 6. The number of hydrogen-bond donors (Lipinski definition) is 2. The highest BCUT2D eigenvalue weighted by Gasteiger charge is 2.22. The van der Waals surface area contributed by atoms with Crippen LogP contribution in [0.1, 0.15) is 38.5 Å². The second-order valence-corrected chi connectivity index (χ2v) is 7.57. The summed E-state index contributed by atoms with van der Waals surface area (Å²) in [6.07, 6.45) is 5.56. The van der Waals surface area contributed by atoms with Crippen molar-refractivity contribution in [2.24, 2.45) is 5.92 Å². The number of fused-ring (bicyclic) bond motifs is 1. The van der Waals surface area contributed by atoms with E-state index in [0.717, 1.165) is 23.3 Å². The van der Waals surface area contributed by atoms with Gasteiger partial charge in [-0.2, -0.15) is 5.10 Å². The fourth-order valence-electron chi connectivity index (χ4n) is 3.37. The quantitative estimate of drug-likeness (QED) is 0.489. The molecule has 9 heteroatoms. The zero-order chi connectivity index (χ0) is 21.1. The summed E-state index contributed by atoms with van der Waals surface area (Å²) >= 11 is 0. The zero-order valence-corrected chi connectivity index (χ0v) is 17.2. The maximum atomic E-state index is 12.9. The normalized spacial score (nSPS) is 12.4. The van der Waals surface area contributed by atoms with Crippen LogP contribution in [0.5, 0.6) is 0 Å². The van der Waals surface area contributed by atoms with E-state index in [1.165, 1.54) is 0 Å². The van der Waals surface area contributed by atoms with Crippen LogP contribution in [-0.2, 0) is 17.8 Å². The molecule has 0 bridgehead atoms. The summed E-state index contributed by atoms with van der Waals surface area (Å²) in [6.45, 7) is 6.42. The van der Waals surface area contributed by atoms with E-state index in [0.29, 0.717) is 23.3 Å². The number of nitrogens with zero attached hydrogens (tertiary/aromatic N) is 6. The number of imidazole rings is 1. The molecule has 1 atom stereocenters. The second-order valence-electron chi connectivity index (χ2n) is 7.57. The molecule has 0 aliphatic rings. The van der Waals surface area contributed by atoms with Gasteiger partial charge in [-0.15, -0.1) is 0 Å². The van der Waals surface area contributed by atoms with E-state index >= 15 is 0 Å². The summed E-state index contributed by atoms with van der Waals surface area (Å²) in [7, 11) is 0. The van der Waals surface area contributed by atoms with Crippen molar-refractivity contribution in [2.45, 2.75) is 39.8 Å². The fourth-order valence-corrected chi connectivity index (χ4v) is 3.37. The number of aromatic nitrogens is 7. The molecule has 1 amide bonds. The number of carbonyl (C=O) groups is 1. The molecule has 0 aliphatic carbocycles. The van der Waals surface area contributed by atoms with E-state index in [4.69, 9.17) is 4.98 Å². The summed E-state index contributed by atoms with van der Waals surface area (Å²) < 4.78 is 2.02. The molecule has 0 saturated heterocycles. The number of benzene rings is 1. The molecule has 0 aliphatic heterocycles. The molecule has 1 aromatic carbocycles. The standard InChI is InChI=1S/C21H24N8O/c1-13(2)10-19-25-15-6-4-5-7-17(15)29(19)14(3)21(30)24-12-18-26-20(28-27-18)16-11-22-8-9-23-16/h4-9,11,13-14H,10,12H2,1-3H3,(H,24,30)(H,26,27,28)/t14-/m0/s1. The lowest BCUT2D eigenvalue weighted by molar-refractivity contribution is -0.124. The van der Waals surface area contributed by atoms with Crippen LogP contribution >= 0.6 is 0 Å². The number of nitrogens with one attached hydrogen (secondary N) is 2. The lowest BCUT2D eigenvalue weighted by Crippen LogP contribution is -2.31. The number of rotatable bonds is 7. The maximum absolute atomic E-state index is 12.9. The van der Waals surface area contributed by atoms with E-state index in [2.05, 4.69) is 44.3 Å². The molecule has 30 heavy (non-hydrogen) atoms. The van der Waals surface area contributed by atoms with Crippen molar-refractivity contribution >= 4 is 16.9 Å². The Hall–Kier alpha value is -3.62. The van der Waals surface area contributed by atoms with Crippen LogP contribution in [0.3, 0.4) is 0 Å². The van der Waals surface area contributed by atoms with Gasteiger partial charge in [-0.25, -0.2) is 15.0 Å². The monoisotopic (exact) mass is 404 g/mol. The molecule has 4 aromatic rings. The predicted molar refractivity (Wildman–Crippen MR) is 112 cm³/mol. The molecule has 0 unspecified atom stereocenters. The van der Waals surface area contributed by atoms with E-state index in [-0.39, 0.29) is 12.5 Å². The average Bonchev–Trinajstić information content (AvgIpc) is 3.36. The molecule has 0 spiro atoms. The van der Waals surface area contributed by atoms with Crippen LogP contribution in [0.25, 0.3) is 22.6 Å². The maximum Gasteiger partial charge on any atom is 0.243 e. The smallest absolute Gasteiger partial charge is 0.243 e. The Kier molecular flexibility index (Phi) is 5.51. The van der Waals surface area contributed by atoms with Crippen molar-refractivity contribution in [2.75, 3.05) is 0 Å². The predicted octanol–water partition coefficient (Wildman–Crippen LogP) is 2.69. The summed E-state index contributed by atoms with van der Waals surface area (Å²) in [5, 5.41) is 9.92.